The number of rotatable bonds is 1. The molecule has 0 saturated carbocycles. The van der Waals surface area contributed by atoms with Crippen molar-refractivity contribution >= 4 is 26.8 Å². The van der Waals surface area contributed by atoms with Crippen molar-refractivity contribution in [3.63, 3.8) is 0 Å². The standard InChI is InChI=1S/C9H10BrN3O/c1-5(2)13-4-6-8(12-13)7(10)3-11-9(6)14/h3-5H,1-2H3,(H,11,14). The van der Waals surface area contributed by atoms with Crippen LogP contribution in [0.2, 0.25) is 0 Å². The highest BCUT2D eigenvalue weighted by Gasteiger charge is 2.10. The van der Waals surface area contributed by atoms with Gasteiger partial charge in [0.25, 0.3) is 0 Å². The van der Waals surface area contributed by atoms with E-state index in [1.54, 1.807) is 17.1 Å². The first kappa shape index (κ1) is 9.45. The maximum absolute atomic E-state index is 9.51. The second kappa shape index (κ2) is 3.24. The van der Waals surface area contributed by atoms with E-state index in [4.69, 9.17) is 0 Å². The van der Waals surface area contributed by atoms with Gasteiger partial charge >= 0.3 is 0 Å². The predicted octanol–water partition coefficient (Wildman–Crippen LogP) is 2.48. The molecule has 2 aromatic rings. The Balaban J connectivity index is 2.75. The van der Waals surface area contributed by atoms with E-state index in [0.717, 1.165) is 9.99 Å². The average molecular weight is 256 g/mol. The summed E-state index contributed by atoms with van der Waals surface area (Å²) in [6.07, 6.45) is 3.35. The van der Waals surface area contributed by atoms with E-state index in [0.29, 0.717) is 5.39 Å². The second-order valence-electron chi connectivity index (χ2n) is 3.39. The minimum atomic E-state index is 0.0232. The summed E-state index contributed by atoms with van der Waals surface area (Å²) in [6, 6.07) is 0.272. The van der Waals surface area contributed by atoms with Crippen LogP contribution in [0.1, 0.15) is 19.9 Å². The van der Waals surface area contributed by atoms with Crippen LogP contribution in [-0.4, -0.2) is 19.9 Å². The first-order chi connectivity index (χ1) is 6.59. The lowest BCUT2D eigenvalue weighted by atomic mass is 10.3. The summed E-state index contributed by atoms with van der Waals surface area (Å²) in [5.41, 5.74) is 0.742. The van der Waals surface area contributed by atoms with Crippen molar-refractivity contribution in [3.8, 4) is 5.88 Å². The molecule has 2 heterocycles. The molecular formula is C9H10BrN3O. The van der Waals surface area contributed by atoms with Gasteiger partial charge in [-0.3, -0.25) is 4.68 Å². The first-order valence-electron chi connectivity index (χ1n) is 4.32. The number of nitrogens with zero attached hydrogens (tertiary/aromatic N) is 3. The van der Waals surface area contributed by atoms with Crippen molar-refractivity contribution in [3.05, 3.63) is 16.9 Å². The maximum Gasteiger partial charge on any atom is 0.222 e. The van der Waals surface area contributed by atoms with E-state index in [1.165, 1.54) is 0 Å². The average Bonchev–Trinajstić information content (AvgIpc) is 2.57. The molecule has 4 nitrogen and oxygen atoms in total. The van der Waals surface area contributed by atoms with E-state index in [1.807, 2.05) is 13.8 Å². The second-order valence-corrected chi connectivity index (χ2v) is 4.25. The van der Waals surface area contributed by atoms with Gasteiger partial charge in [-0.25, -0.2) is 4.98 Å². The van der Waals surface area contributed by atoms with Gasteiger partial charge in [0.1, 0.15) is 5.52 Å². The molecule has 0 fully saturated rings. The Labute approximate surface area is 89.7 Å². The molecule has 0 unspecified atom stereocenters. The topological polar surface area (TPSA) is 50.9 Å². The van der Waals surface area contributed by atoms with Gasteiger partial charge in [0.2, 0.25) is 5.88 Å². The van der Waals surface area contributed by atoms with Crippen molar-refractivity contribution in [2.45, 2.75) is 19.9 Å². The highest BCUT2D eigenvalue weighted by molar-refractivity contribution is 9.10. The quantitative estimate of drug-likeness (QED) is 0.852. The van der Waals surface area contributed by atoms with Crippen LogP contribution in [0.25, 0.3) is 10.9 Å². The molecule has 0 amide bonds. The van der Waals surface area contributed by atoms with E-state index in [2.05, 4.69) is 26.0 Å². The lowest BCUT2D eigenvalue weighted by Crippen LogP contribution is -1.99. The zero-order valence-corrected chi connectivity index (χ0v) is 9.48. The number of aromatic nitrogens is 3. The molecule has 0 saturated heterocycles. The number of aromatic hydroxyl groups is 1. The summed E-state index contributed by atoms with van der Waals surface area (Å²) in [5.74, 6) is 0.0232. The van der Waals surface area contributed by atoms with Crippen molar-refractivity contribution in [2.24, 2.45) is 0 Å². The summed E-state index contributed by atoms with van der Waals surface area (Å²) < 4.78 is 2.60. The van der Waals surface area contributed by atoms with Crippen molar-refractivity contribution in [1.82, 2.24) is 14.8 Å². The van der Waals surface area contributed by atoms with Gasteiger partial charge in [-0.1, -0.05) is 0 Å². The van der Waals surface area contributed by atoms with E-state index < -0.39 is 0 Å². The van der Waals surface area contributed by atoms with Crippen molar-refractivity contribution in [2.75, 3.05) is 0 Å². The van der Waals surface area contributed by atoms with Crippen molar-refractivity contribution in [1.29, 1.82) is 0 Å². The molecule has 0 radical (unpaired) electrons. The number of hydrogen-bond donors (Lipinski definition) is 1. The smallest absolute Gasteiger partial charge is 0.222 e. The van der Waals surface area contributed by atoms with Crippen LogP contribution < -0.4 is 0 Å². The van der Waals surface area contributed by atoms with Gasteiger partial charge in [-0.2, -0.15) is 5.10 Å². The van der Waals surface area contributed by atoms with Gasteiger partial charge < -0.3 is 5.11 Å². The summed E-state index contributed by atoms with van der Waals surface area (Å²) in [4.78, 5) is 3.83. The molecule has 0 spiro atoms. The minimum absolute atomic E-state index is 0.0232. The molecule has 0 aliphatic heterocycles. The lowest BCUT2D eigenvalue weighted by molar-refractivity contribution is 0.460. The zero-order chi connectivity index (χ0) is 10.3. The third kappa shape index (κ3) is 1.37. The molecule has 74 valence electrons. The monoisotopic (exact) mass is 255 g/mol. The fraction of sp³-hybridized carbons (Fsp3) is 0.333. The fourth-order valence-electron chi connectivity index (χ4n) is 1.24. The summed E-state index contributed by atoms with van der Waals surface area (Å²) >= 11 is 3.34. The largest absolute Gasteiger partial charge is 0.493 e. The van der Waals surface area contributed by atoms with Gasteiger partial charge in [-0.15, -0.1) is 0 Å². The van der Waals surface area contributed by atoms with Gasteiger partial charge in [0.15, 0.2) is 0 Å². The summed E-state index contributed by atoms with van der Waals surface area (Å²) in [5, 5.41) is 14.5. The highest BCUT2D eigenvalue weighted by atomic mass is 79.9. The molecule has 0 aromatic carbocycles. The maximum atomic E-state index is 9.51. The van der Waals surface area contributed by atoms with Gasteiger partial charge in [-0.05, 0) is 29.8 Å². The van der Waals surface area contributed by atoms with Gasteiger partial charge in [0, 0.05) is 18.4 Å². The Hall–Kier alpha value is -1.10. The SMILES string of the molecule is CC(C)n1cc2c(O)ncc(Br)c2n1. The Morgan fingerprint density at radius 1 is 1.50 bits per heavy atom. The highest BCUT2D eigenvalue weighted by Crippen LogP contribution is 2.28. The summed E-state index contributed by atoms with van der Waals surface area (Å²) in [7, 11) is 0. The number of pyridine rings is 1. The third-order valence-electron chi connectivity index (χ3n) is 2.03. The molecule has 2 rings (SSSR count). The first-order valence-corrected chi connectivity index (χ1v) is 5.11. The lowest BCUT2D eigenvalue weighted by Gasteiger charge is -2.02. The van der Waals surface area contributed by atoms with Crippen LogP contribution >= 0.6 is 15.9 Å². The molecule has 0 bridgehead atoms. The number of hydrogen-bond acceptors (Lipinski definition) is 3. The Morgan fingerprint density at radius 2 is 2.21 bits per heavy atom. The van der Waals surface area contributed by atoms with E-state index in [9.17, 15) is 5.11 Å². The number of fused-ring (bicyclic) bond motifs is 1. The van der Waals surface area contributed by atoms with Crippen LogP contribution in [0.15, 0.2) is 16.9 Å². The zero-order valence-electron chi connectivity index (χ0n) is 7.90. The van der Waals surface area contributed by atoms with Crippen LogP contribution in [0, 0.1) is 0 Å². The summed E-state index contributed by atoms with van der Waals surface area (Å²) in [6.45, 7) is 4.06. The van der Waals surface area contributed by atoms with Crippen LogP contribution in [0.5, 0.6) is 5.88 Å². The third-order valence-corrected chi connectivity index (χ3v) is 2.61. The van der Waals surface area contributed by atoms with Crippen LogP contribution in [0.3, 0.4) is 0 Å². The molecule has 2 aromatic heterocycles. The minimum Gasteiger partial charge on any atom is -0.493 e. The molecule has 0 aliphatic rings. The Kier molecular flexibility index (Phi) is 2.19. The predicted molar refractivity (Wildman–Crippen MR) is 57.3 cm³/mol. The van der Waals surface area contributed by atoms with Gasteiger partial charge in [0.05, 0.1) is 9.86 Å². The Morgan fingerprint density at radius 3 is 2.79 bits per heavy atom. The molecule has 0 atom stereocenters. The molecular weight excluding hydrogens is 246 g/mol. The Bertz CT molecular complexity index is 439. The van der Waals surface area contributed by atoms with E-state index in [-0.39, 0.29) is 11.9 Å². The molecule has 0 aliphatic carbocycles. The number of halogens is 1. The molecule has 1 N–H and O–H groups in total. The molecule has 14 heavy (non-hydrogen) atoms. The van der Waals surface area contributed by atoms with Crippen LogP contribution in [0.4, 0.5) is 0 Å². The normalized spacial score (nSPS) is 11.4. The van der Waals surface area contributed by atoms with Crippen molar-refractivity contribution < 1.29 is 5.11 Å². The molecule has 5 heteroatoms. The van der Waals surface area contributed by atoms with Crippen LogP contribution in [-0.2, 0) is 0 Å². The van der Waals surface area contributed by atoms with E-state index >= 15 is 0 Å². The fourth-order valence-corrected chi connectivity index (χ4v) is 1.64.